The Morgan fingerprint density at radius 3 is 2.02 bits per heavy atom. The molecule has 14 heteroatoms. The van der Waals surface area contributed by atoms with E-state index in [1.54, 1.807) is 95.3 Å². The second-order valence-corrected chi connectivity index (χ2v) is 14.2. The van der Waals surface area contributed by atoms with Gasteiger partial charge in [-0.25, -0.2) is 9.59 Å². The van der Waals surface area contributed by atoms with Crippen LogP contribution in [-0.2, 0) is 43.3 Å². The summed E-state index contributed by atoms with van der Waals surface area (Å²) >= 11 is 6.13. The monoisotopic (exact) mass is 751 g/mol. The molecule has 0 radical (unpaired) electrons. The van der Waals surface area contributed by atoms with Crippen molar-refractivity contribution < 1.29 is 38.6 Å². The van der Waals surface area contributed by atoms with Crippen molar-refractivity contribution in [3.8, 4) is 5.75 Å². The molecule has 5 amide bonds. The Hall–Kier alpha value is -5.30. The van der Waals surface area contributed by atoms with Gasteiger partial charge in [-0.1, -0.05) is 60.1 Å². The molecule has 0 aromatic heterocycles. The highest BCUT2D eigenvalue weighted by atomic mass is 35.5. The summed E-state index contributed by atoms with van der Waals surface area (Å²) in [5.74, 6) is -2.03. The summed E-state index contributed by atoms with van der Waals surface area (Å²) in [6.45, 7) is 8.82. The smallest absolute Gasteiger partial charge is 0.408 e. The van der Waals surface area contributed by atoms with Gasteiger partial charge in [0.25, 0.3) is 0 Å². The van der Waals surface area contributed by atoms with E-state index >= 15 is 0 Å². The van der Waals surface area contributed by atoms with Gasteiger partial charge in [-0.3, -0.25) is 14.4 Å². The zero-order valence-corrected chi connectivity index (χ0v) is 31.5. The lowest BCUT2D eigenvalue weighted by atomic mass is 9.95. The SMILES string of the molecule is Cc1cc(O)cc(C)c1CC(NC(=O)OC(C)(C)C)C(=O)NC(CCCCNC(=O)OCc1ccccc1Cl)C(=O)NC(Cc1ccccc1)C(N)=O. The highest BCUT2D eigenvalue weighted by Gasteiger charge is 2.31. The van der Waals surface area contributed by atoms with Crippen molar-refractivity contribution in [2.45, 2.75) is 97.1 Å². The Balaban J connectivity index is 1.76. The van der Waals surface area contributed by atoms with Crippen LogP contribution >= 0.6 is 11.6 Å². The van der Waals surface area contributed by atoms with E-state index in [0.717, 1.165) is 5.56 Å². The maximum absolute atomic E-state index is 14.0. The molecule has 3 unspecified atom stereocenters. The van der Waals surface area contributed by atoms with Gasteiger partial charge in [-0.05, 0) is 94.3 Å². The lowest BCUT2D eigenvalue weighted by Crippen LogP contribution is -2.57. The van der Waals surface area contributed by atoms with E-state index in [0.29, 0.717) is 40.1 Å². The molecule has 13 nitrogen and oxygen atoms in total. The number of benzene rings is 3. The fourth-order valence-corrected chi connectivity index (χ4v) is 5.71. The number of nitrogens with two attached hydrogens (primary N) is 1. The number of carbonyl (C=O) groups is 5. The number of rotatable bonds is 17. The van der Waals surface area contributed by atoms with Gasteiger partial charge in [0.15, 0.2) is 0 Å². The molecule has 0 aliphatic heterocycles. The van der Waals surface area contributed by atoms with Crippen molar-refractivity contribution in [3.63, 3.8) is 0 Å². The average Bonchev–Trinajstić information content (AvgIpc) is 3.07. The molecule has 3 rings (SSSR count). The van der Waals surface area contributed by atoms with Gasteiger partial charge in [0, 0.05) is 30.0 Å². The van der Waals surface area contributed by atoms with Gasteiger partial charge in [0.2, 0.25) is 17.7 Å². The number of nitrogens with one attached hydrogen (secondary N) is 4. The molecule has 3 aromatic rings. The first-order valence-electron chi connectivity index (χ1n) is 17.4. The van der Waals surface area contributed by atoms with Crippen LogP contribution < -0.4 is 27.0 Å². The van der Waals surface area contributed by atoms with Gasteiger partial charge in [-0.2, -0.15) is 0 Å². The van der Waals surface area contributed by atoms with Crippen LogP contribution in [0, 0.1) is 13.8 Å². The Morgan fingerprint density at radius 2 is 1.40 bits per heavy atom. The zero-order chi connectivity index (χ0) is 39.1. The van der Waals surface area contributed by atoms with Crippen molar-refractivity contribution in [2.24, 2.45) is 5.73 Å². The quantitative estimate of drug-likeness (QED) is 0.105. The van der Waals surface area contributed by atoms with Gasteiger partial charge in [-0.15, -0.1) is 0 Å². The standard InChI is InChI=1S/C39H50ClN5O8/c1-24-19-28(46)20-25(2)29(24)22-33(45-38(51)53-39(3,4)5)36(49)43-31(35(48)44-32(34(41)47)21-26-13-7-6-8-14-26)17-11-12-18-42-37(50)52-23-27-15-9-10-16-30(27)40/h6-10,13-16,19-20,31-33,46H,11-12,17-18,21-23H2,1-5H3,(H2,41,47)(H,42,50)(H,43,49)(H,44,48)(H,45,51). The normalized spacial score (nSPS) is 12.8. The number of phenolic OH excluding ortho intramolecular Hbond substituents is 1. The number of amides is 5. The third kappa shape index (κ3) is 14.7. The molecule has 0 saturated heterocycles. The summed E-state index contributed by atoms with van der Waals surface area (Å²) in [7, 11) is 0. The summed E-state index contributed by atoms with van der Waals surface area (Å²) < 4.78 is 10.7. The van der Waals surface area contributed by atoms with Crippen LogP contribution in [0.3, 0.4) is 0 Å². The summed E-state index contributed by atoms with van der Waals surface area (Å²) in [4.78, 5) is 65.3. The highest BCUT2D eigenvalue weighted by molar-refractivity contribution is 6.31. The van der Waals surface area contributed by atoms with Gasteiger partial charge < -0.3 is 41.6 Å². The minimum absolute atomic E-state index is 0.00845. The number of ether oxygens (including phenoxy) is 2. The summed E-state index contributed by atoms with van der Waals surface area (Å²) in [5, 5.41) is 21.3. The molecule has 0 aliphatic rings. The first-order chi connectivity index (χ1) is 25.0. The molecular weight excluding hydrogens is 702 g/mol. The fraction of sp³-hybridized carbons (Fsp3) is 0.410. The number of alkyl carbamates (subject to hydrolysis) is 2. The van der Waals surface area contributed by atoms with Crippen LogP contribution in [0.4, 0.5) is 9.59 Å². The number of unbranched alkanes of at least 4 members (excludes halogenated alkanes) is 1. The van der Waals surface area contributed by atoms with E-state index < -0.39 is 53.6 Å². The van der Waals surface area contributed by atoms with Gasteiger partial charge >= 0.3 is 12.2 Å². The van der Waals surface area contributed by atoms with Crippen LogP contribution in [0.1, 0.15) is 67.9 Å². The molecule has 53 heavy (non-hydrogen) atoms. The Kier molecular flexibility index (Phi) is 16.0. The van der Waals surface area contributed by atoms with Crippen molar-refractivity contribution in [1.29, 1.82) is 0 Å². The lowest BCUT2D eigenvalue weighted by Gasteiger charge is -2.27. The Labute approximate surface area is 315 Å². The van der Waals surface area contributed by atoms with E-state index in [1.807, 2.05) is 6.07 Å². The first-order valence-corrected chi connectivity index (χ1v) is 17.8. The van der Waals surface area contributed by atoms with Crippen molar-refractivity contribution in [2.75, 3.05) is 6.54 Å². The second-order valence-electron chi connectivity index (χ2n) is 13.8. The number of hydrogen-bond donors (Lipinski definition) is 6. The highest BCUT2D eigenvalue weighted by Crippen LogP contribution is 2.23. The molecule has 0 heterocycles. The largest absolute Gasteiger partial charge is 0.508 e. The molecule has 7 N–H and O–H groups in total. The van der Waals surface area contributed by atoms with E-state index in [4.69, 9.17) is 26.8 Å². The predicted molar refractivity (Wildman–Crippen MR) is 201 cm³/mol. The van der Waals surface area contributed by atoms with Crippen LogP contribution in [0.15, 0.2) is 66.7 Å². The van der Waals surface area contributed by atoms with E-state index in [2.05, 4.69) is 21.3 Å². The number of primary amides is 1. The summed E-state index contributed by atoms with van der Waals surface area (Å²) in [6.07, 6.45) is -0.439. The Morgan fingerprint density at radius 1 is 0.792 bits per heavy atom. The minimum Gasteiger partial charge on any atom is -0.508 e. The molecule has 3 aromatic carbocycles. The lowest BCUT2D eigenvalue weighted by molar-refractivity contribution is -0.132. The predicted octanol–water partition coefficient (Wildman–Crippen LogP) is 4.89. The van der Waals surface area contributed by atoms with Crippen LogP contribution in [0.25, 0.3) is 0 Å². The van der Waals surface area contributed by atoms with Crippen LogP contribution in [-0.4, -0.2) is 65.3 Å². The number of hydrogen-bond acceptors (Lipinski definition) is 8. The van der Waals surface area contributed by atoms with Gasteiger partial charge in [0.05, 0.1) is 0 Å². The van der Waals surface area contributed by atoms with Crippen LogP contribution in [0.2, 0.25) is 5.02 Å². The second kappa shape index (κ2) is 20.1. The number of carbonyl (C=O) groups excluding carboxylic acids is 5. The number of aryl methyl sites for hydroxylation is 2. The maximum atomic E-state index is 14.0. The summed E-state index contributed by atoms with van der Waals surface area (Å²) in [6, 6.07) is 15.7. The summed E-state index contributed by atoms with van der Waals surface area (Å²) in [5.41, 5.74) is 8.35. The number of aromatic hydroxyl groups is 1. The van der Waals surface area contributed by atoms with Crippen molar-refractivity contribution in [3.05, 3.63) is 99.6 Å². The molecule has 0 fully saturated rings. The minimum atomic E-state index is -1.19. The third-order valence-corrected chi connectivity index (χ3v) is 8.55. The molecule has 0 bridgehead atoms. The van der Waals surface area contributed by atoms with E-state index in [9.17, 15) is 29.1 Å². The number of halogens is 1. The molecule has 0 saturated carbocycles. The van der Waals surface area contributed by atoms with Crippen LogP contribution in [0.5, 0.6) is 5.75 Å². The topological polar surface area (TPSA) is 198 Å². The first kappa shape index (κ1) is 42.1. The molecular formula is C39H50ClN5O8. The number of phenols is 1. The average molecular weight is 752 g/mol. The Bertz CT molecular complexity index is 1710. The third-order valence-electron chi connectivity index (χ3n) is 8.18. The molecule has 286 valence electrons. The molecule has 0 aliphatic carbocycles. The van der Waals surface area contributed by atoms with E-state index in [-0.39, 0.29) is 38.2 Å². The van der Waals surface area contributed by atoms with Crippen molar-refractivity contribution in [1.82, 2.24) is 21.3 Å². The zero-order valence-electron chi connectivity index (χ0n) is 30.8. The molecule has 3 atom stereocenters. The fourth-order valence-electron chi connectivity index (χ4n) is 5.52. The van der Waals surface area contributed by atoms with E-state index in [1.165, 1.54) is 0 Å². The van der Waals surface area contributed by atoms with Crippen molar-refractivity contribution >= 4 is 41.5 Å². The van der Waals surface area contributed by atoms with Gasteiger partial charge in [0.1, 0.15) is 36.1 Å². The maximum Gasteiger partial charge on any atom is 0.408 e. The molecule has 0 spiro atoms.